The summed E-state index contributed by atoms with van der Waals surface area (Å²) >= 11 is 3.07. The molecule has 1 atom stereocenters. The minimum absolute atomic E-state index is 0.129. The van der Waals surface area contributed by atoms with Crippen molar-refractivity contribution in [2.24, 2.45) is 5.73 Å². The number of esters is 1. The molecule has 0 aliphatic rings. The second kappa shape index (κ2) is 6.94. The topological polar surface area (TPSA) is 61.5 Å². The summed E-state index contributed by atoms with van der Waals surface area (Å²) in [6, 6.07) is 3.05. The molecule has 0 aromatic heterocycles. The third kappa shape index (κ3) is 5.79. The average Bonchev–Trinajstić information content (AvgIpc) is 2.25. The van der Waals surface area contributed by atoms with E-state index in [9.17, 15) is 18.0 Å². The van der Waals surface area contributed by atoms with Crippen LogP contribution in [-0.4, -0.2) is 18.9 Å². The Morgan fingerprint density at radius 3 is 2.60 bits per heavy atom. The molecule has 2 N–H and O–H groups in total. The van der Waals surface area contributed by atoms with Crippen LogP contribution in [-0.2, 0) is 9.53 Å². The molecule has 0 amide bonds. The van der Waals surface area contributed by atoms with Gasteiger partial charge in [0, 0.05) is 10.5 Å². The monoisotopic (exact) mass is 355 g/mol. The van der Waals surface area contributed by atoms with Gasteiger partial charge in [-0.3, -0.25) is 4.79 Å². The van der Waals surface area contributed by atoms with Crippen molar-refractivity contribution >= 4 is 21.9 Å². The molecule has 0 unspecified atom stereocenters. The predicted molar refractivity (Wildman–Crippen MR) is 69.0 cm³/mol. The van der Waals surface area contributed by atoms with Gasteiger partial charge in [-0.15, -0.1) is 13.2 Å². The highest BCUT2D eigenvalue weighted by molar-refractivity contribution is 9.10. The minimum atomic E-state index is -4.79. The standard InChI is InChI=1S/C12H13BrF3NO3/c1-2-19-11(18)6-10(17)7-3-8(13)5-9(4-7)20-12(14,15)16/h3-5,10H,2,6,17H2,1H3/t10-/m1/s1. The zero-order valence-corrected chi connectivity index (χ0v) is 12.1. The van der Waals surface area contributed by atoms with E-state index in [2.05, 4.69) is 20.7 Å². The van der Waals surface area contributed by atoms with Crippen LogP contribution >= 0.6 is 15.9 Å². The summed E-state index contributed by atoms with van der Waals surface area (Å²) in [5.74, 6) is -0.917. The molecule has 0 saturated heterocycles. The van der Waals surface area contributed by atoms with E-state index >= 15 is 0 Å². The first-order chi connectivity index (χ1) is 9.21. The minimum Gasteiger partial charge on any atom is -0.466 e. The van der Waals surface area contributed by atoms with E-state index in [1.807, 2.05) is 0 Å². The van der Waals surface area contributed by atoms with Crippen molar-refractivity contribution < 1.29 is 27.4 Å². The normalized spacial score (nSPS) is 12.9. The molecule has 1 aromatic carbocycles. The van der Waals surface area contributed by atoms with Crippen molar-refractivity contribution in [2.75, 3.05) is 6.61 Å². The fourth-order valence-electron chi connectivity index (χ4n) is 1.51. The second-order valence-corrected chi connectivity index (χ2v) is 4.80. The molecular weight excluding hydrogens is 343 g/mol. The molecule has 20 heavy (non-hydrogen) atoms. The van der Waals surface area contributed by atoms with E-state index in [4.69, 9.17) is 10.5 Å². The van der Waals surface area contributed by atoms with Gasteiger partial charge in [0.1, 0.15) is 5.75 Å². The van der Waals surface area contributed by atoms with Crippen molar-refractivity contribution in [3.63, 3.8) is 0 Å². The van der Waals surface area contributed by atoms with Gasteiger partial charge in [0.25, 0.3) is 0 Å². The Balaban J connectivity index is 2.87. The van der Waals surface area contributed by atoms with Crippen LogP contribution in [0.25, 0.3) is 0 Å². The number of hydrogen-bond donors (Lipinski definition) is 1. The molecule has 0 spiro atoms. The summed E-state index contributed by atoms with van der Waals surface area (Å²) in [7, 11) is 0. The van der Waals surface area contributed by atoms with Gasteiger partial charge in [-0.25, -0.2) is 0 Å². The van der Waals surface area contributed by atoms with Crippen molar-refractivity contribution in [3.8, 4) is 5.75 Å². The molecule has 0 saturated carbocycles. The number of rotatable bonds is 5. The van der Waals surface area contributed by atoms with Crippen LogP contribution in [0.3, 0.4) is 0 Å². The Hall–Kier alpha value is -1.28. The Morgan fingerprint density at radius 2 is 2.05 bits per heavy atom. The van der Waals surface area contributed by atoms with E-state index in [-0.39, 0.29) is 13.0 Å². The molecule has 8 heteroatoms. The van der Waals surface area contributed by atoms with Crippen molar-refractivity contribution in [2.45, 2.75) is 25.7 Å². The molecular formula is C12H13BrF3NO3. The Morgan fingerprint density at radius 1 is 1.40 bits per heavy atom. The van der Waals surface area contributed by atoms with Gasteiger partial charge >= 0.3 is 12.3 Å². The highest BCUT2D eigenvalue weighted by atomic mass is 79.9. The van der Waals surface area contributed by atoms with E-state index in [1.54, 1.807) is 6.92 Å². The van der Waals surface area contributed by atoms with Crippen LogP contribution in [0.2, 0.25) is 0 Å². The largest absolute Gasteiger partial charge is 0.573 e. The quantitative estimate of drug-likeness (QED) is 0.823. The molecule has 0 heterocycles. The summed E-state index contributed by atoms with van der Waals surface area (Å²) in [5, 5.41) is 0. The second-order valence-electron chi connectivity index (χ2n) is 3.88. The zero-order chi connectivity index (χ0) is 15.3. The first-order valence-corrected chi connectivity index (χ1v) is 6.48. The van der Waals surface area contributed by atoms with E-state index in [1.165, 1.54) is 6.07 Å². The van der Waals surface area contributed by atoms with Crippen molar-refractivity contribution in [3.05, 3.63) is 28.2 Å². The fourth-order valence-corrected chi connectivity index (χ4v) is 2.00. The molecule has 0 radical (unpaired) electrons. The number of hydrogen-bond acceptors (Lipinski definition) is 4. The number of carbonyl (C=O) groups excluding carboxylic acids is 1. The number of carbonyl (C=O) groups is 1. The number of halogens is 4. The molecule has 0 bridgehead atoms. The lowest BCUT2D eigenvalue weighted by atomic mass is 10.0. The molecule has 1 aromatic rings. The van der Waals surface area contributed by atoms with Gasteiger partial charge in [0.2, 0.25) is 0 Å². The third-order valence-corrected chi connectivity index (χ3v) is 2.71. The molecule has 0 fully saturated rings. The maximum atomic E-state index is 12.2. The summed E-state index contributed by atoms with van der Waals surface area (Å²) < 4.78 is 45.4. The van der Waals surface area contributed by atoms with Crippen LogP contribution in [0.4, 0.5) is 13.2 Å². The highest BCUT2D eigenvalue weighted by Gasteiger charge is 2.31. The maximum Gasteiger partial charge on any atom is 0.573 e. The molecule has 1 rings (SSSR count). The van der Waals surface area contributed by atoms with Gasteiger partial charge in [-0.1, -0.05) is 15.9 Å². The summed E-state index contributed by atoms with van der Waals surface area (Å²) in [4.78, 5) is 11.3. The Bertz CT molecular complexity index is 480. The molecule has 112 valence electrons. The zero-order valence-electron chi connectivity index (χ0n) is 10.5. The number of alkyl halides is 3. The molecule has 4 nitrogen and oxygen atoms in total. The van der Waals surface area contributed by atoms with Crippen LogP contribution in [0.15, 0.2) is 22.7 Å². The van der Waals surface area contributed by atoms with Gasteiger partial charge < -0.3 is 15.2 Å². The van der Waals surface area contributed by atoms with Gasteiger partial charge in [-0.2, -0.15) is 0 Å². The van der Waals surface area contributed by atoms with Crippen LogP contribution in [0, 0.1) is 0 Å². The van der Waals surface area contributed by atoms with Gasteiger partial charge in [0.05, 0.1) is 13.0 Å². The first-order valence-electron chi connectivity index (χ1n) is 5.68. The lowest BCUT2D eigenvalue weighted by molar-refractivity contribution is -0.274. The molecule has 0 aliphatic heterocycles. The lowest BCUT2D eigenvalue weighted by Crippen LogP contribution is -2.19. The highest BCUT2D eigenvalue weighted by Crippen LogP contribution is 2.29. The first kappa shape index (κ1) is 16.8. The Kier molecular flexibility index (Phi) is 5.82. The van der Waals surface area contributed by atoms with Gasteiger partial charge in [0.15, 0.2) is 0 Å². The van der Waals surface area contributed by atoms with Crippen molar-refractivity contribution in [1.82, 2.24) is 0 Å². The van der Waals surface area contributed by atoms with Crippen LogP contribution < -0.4 is 10.5 Å². The summed E-state index contributed by atoms with van der Waals surface area (Å²) in [6.07, 6.45) is -4.92. The Labute approximate surface area is 122 Å². The third-order valence-electron chi connectivity index (χ3n) is 2.25. The van der Waals surface area contributed by atoms with E-state index < -0.39 is 24.1 Å². The lowest BCUT2D eigenvalue weighted by Gasteiger charge is -2.15. The SMILES string of the molecule is CCOC(=O)C[C@@H](N)c1cc(Br)cc(OC(F)(F)F)c1. The van der Waals surface area contributed by atoms with Crippen LogP contribution in [0.5, 0.6) is 5.75 Å². The summed E-state index contributed by atoms with van der Waals surface area (Å²) in [5.41, 5.74) is 6.11. The van der Waals surface area contributed by atoms with E-state index in [0.717, 1.165) is 12.1 Å². The van der Waals surface area contributed by atoms with Crippen LogP contribution in [0.1, 0.15) is 24.9 Å². The average molecular weight is 356 g/mol. The fraction of sp³-hybridized carbons (Fsp3) is 0.417. The maximum absolute atomic E-state index is 12.2. The predicted octanol–water partition coefficient (Wildman–Crippen LogP) is 3.30. The number of nitrogens with two attached hydrogens (primary N) is 1. The smallest absolute Gasteiger partial charge is 0.466 e. The van der Waals surface area contributed by atoms with Crippen molar-refractivity contribution in [1.29, 1.82) is 0 Å². The number of ether oxygens (including phenoxy) is 2. The molecule has 0 aliphatic carbocycles. The number of benzene rings is 1. The van der Waals surface area contributed by atoms with E-state index in [0.29, 0.717) is 10.0 Å². The summed E-state index contributed by atoms with van der Waals surface area (Å²) in [6.45, 7) is 1.87. The van der Waals surface area contributed by atoms with Gasteiger partial charge in [-0.05, 0) is 30.7 Å².